The van der Waals surface area contributed by atoms with Gasteiger partial charge < -0.3 is 4.98 Å². The van der Waals surface area contributed by atoms with Gasteiger partial charge in [-0.25, -0.2) is 4.98 Å². The van der Waals surface area contributed by atoms with E-state index in [0.29, 0.717) is 11.4 Å². The molecule has 120 valence electrons. The maximum absolute atomic E-state index is 12.6. The van der Waals surface area contributed by atoms with E-state index in [1.165, 1.54) is 16.2 Å². The van der Waals surface area contributed by atoms with E-state index >= 15 is 0 Å². The van der Waals surface area contributed by atoms with Crippen LogP contribution in [-0.4, -0.2) is 9.97 Å². The van der Waals surface area contributed by atoms with Crippen LogP contribution in [0.5, 0.6) is 0 Å². The van der Waals surface area contributed by atoms with E-state index < -0.39 is 0 Å². The van der Waals surface area contributed by atoms with Gasteiger partial charge in [-0.1, -0.05) is 0 Å². The highest BCUT2D eigenvalue weighted by Gasteiger charge is 2.20. The molecule has 6 heteroatoms. The van der Waals surface area contributed by atoms with Gasteiger partial charge in [0.1, 0.15) is 10.9 Å². The van der Waals surface area contributed by atoms with Crippen molar-refractivity contribution in [2.75, 3.05) is 0 Å². The third-order valence-electron chi connectivity index (χ3n) is 4.25. The number of hydrogen-bond donors (Lipinski definition) is 1. The molecule has 0 aromatic carbocycles. The number of nitrogens with zero attached hydrogens (tertiary/aromatic N) is 2. The minimum Gasteiger partial charge on any atom is -0.305 e. The van der Waals surface area contributed by atoms with E-state index in [2.05, 4.69) is 16.0 Å². The Bertz CT molecular complexity index is 1060. The molecule has 3 aromatic rings. The molecule has 1 aliphatic rings. The van der Waals surface area contributed by atoms with Crippen molar-refractivity contribution in [2.24, 2.45) is 0 Å². The van der Waals surface area contributed by atoms with Gasteiger partial charge in [0.25, 0.3) is 5.56 Å². The number of thiophene rings is 2. The quantitative estimate of drug-likeness (QED) is 0.698. The third kappa shape index (κ3) is 2.60. The second-order valence-electron chi connectivity index (χ2n) is 5.92. The predicted octanol–water partition coefficient (Wildman–Crippen LogP) is 4.30. The highest BCUT2D eigenvalue weighted by Crippen LogP contribution is 2.34. The summed E-state index contributed by atoms with van der Waals surface area (Å²) in [6.45, 7) is 2.02. The Morgan fingerprint density at radius 2 is 2.17 bits per heavy atom. The molecule has 1 aliphatic carbocycles. The van der Waals surface area contributed by atoms with Crippen molar-refractivity contribution in [2.45, 2.75) is 32.6 Å². The Kier molecular flexibility index (Phi) is 3.83. The zero-order valence-corrected chi connectivity index (χ0v) is 14.8. The number of aryl methyl sites for hydroxylation is 3. The van der Waals surface area contributed by atoms with Gasteiger partial charge in [0.2, 0.25) is 0 Å². The van der Waals surface area contributed by atoms with Gasteiger partial charge in [0, 0.05) is 14.6 Å². The number of hydrogen-bond acceptors (Lipinski definition) is 5. The molecule has 4 nitrogen and oxygen atoms in total. The molecular formula is C18H15N3OS2. The molecule has 0 atom stereocenters. The Balaban J connectivity index is 1.86. The van der Waals surface area contributed by atoms with Crippen molar-refractivity contribution >= 4 is 44.5 Å². The molecule has 0 bridgehead atoms. The number of rotatable bonds is 2. The molecule has 1 N–H and O–H groups in total. The zero-order valence-electron chi connectivity index (χ0n) is 13.2. The minimum atomic E-state index is -0.127. The first-order chi connectivity index (χ1) is 11.7. The Labute approximate surface area is 147 Å². The molecule has 24 heavy (non-hydrogen) atoms. The highest BCUT2D eigenvalue weighted by molar-refractivity contribution is 7.18. The lowest BCUT2D eigenvalue weighted by Gasteiger charge is -2.09. The molecule has 0 radical (unpaired) electrons. The summed E-state index contributed by atoms with van der Waals surface area (Å²) in [4.78, 5) is 24.2. The number of nitriles is 1. The summed E-state index contributed by atoms with van der Waals surface area (Å²) in [6.07, 6.45) is 6.07. The monoisotopic (exact) mass is 353 g/mol. The normalized spacial score (nSPS) is 14.6. The van der Waals surface area contributed by atoms with Gasteiger partial charge in [-0.2, -0.15) is 5.26 Å². The van der Waals surface area contributed by atoms with Crippen LogP contribution in [0.4, 0.5) is 0 Å². The fourth-order valence-electron chi connectivity index (χ4n) is 3.12. The Morgan fingerprint density at radius 1 is 1.33 bits per heavy atom. The van der Waals surface area contributed by atoms with Gasteiger partial charge in [0.05, 0.1) is 11.0 Å². The number of allylic oxidation sites excluding steroid dienone is 1. The van der Waals surface area contributed by atoms with Crippen molar-refractivity contribution in [3.05, 3.63) is 48.5 Å². The minimum absolute atomic E-state index is 0.127. The molecule has 3 aromatic heterocycles. The molecule has 0 saturated heterocycles. The molecular weight excluding hydrogens is 338 g/mol. The highest BCUT2D eigenvalue weighted by atomic mass is 32.1. The molecule has 0 amide bonds. The van der Waals surface area contributed by atoms with Gasteiger partial charge in [-0.3, -0.25) is 4.79 Å². The van der Waals surface area contributed by atoms with E-state index in [4.69, 9.17) is 0 Å². The van der Waals surface area contributed by atoms with Crippen molar-refractivity contribution in [1.82, 2.24) is 9.97 Å². The van der Waals surface area contributed by atoms with Gasteiger partial charge in [0.15, 0.2) is 5.82 Å². The number of aromatic amines is 1. The molecule has 0 aliphatic heterocycles. The number of nitrogens with one attached hydrogen (secondary N) is 1. The SMILES string of the molecule is Cc1ccc(/C=C(\C#N)c2nc3sc4c(c3c(=O)[nH]2)CCCC4)s1. The molecule has 0 saturated carbocycles. The molecule has 0 fully saturated rings. The van der Waals surface area contributed by atoms with Crippen LogP contribution in [-0.2, 0) is 12.8 Å². The fraction of sp³-hybridized carbons (Fsp3) is 0.278. The van der Waals surface area contributed by atoms with Crippen molar-refractivity contribution in [3.8, 4) is 6.07 Å². The van der Waals surface area contributed by atoms with E-state index in [-0.39, 0.29) is 5.56 Å². The van der Waals surface area contributed by atoms with Gasteiger partial charge in [-0.15, -0.1) is 22.7 Å². The van der Waals surface area contributed by atoms with Crippen LogP contribution in [0.3, 0.4) is 0 Å². The lowest BCUT2D eigenvalue weighted by Crippen LogP contribution is -2.12. The van der Waals surface area contributed by atoms with Crippen LogP contribution >= 0.6 is 22.7 Å². The molecule has 0 unspecified atom stereocenters. The summed E-state index contributed by atoms with van der Waals surface area (Å²) in [7, 11) is 0. The maximum Gasteiger partial charge on any atom is 0.260 e. The largest absolute Gasteiger partial charge is 0.305 e. The first-order valence-corrected chi connectivity index (χ1v) is 9.52. The summed E-state index contributed by atoms with van der Waals surface area (Å²) in [5, 5.41) is 10.2. The summed E-state index contributed by atoms with van der Waals surface area (Å²) >= 11 is 3.21. The predicted molar refractivity (Wildman–Crippen MR) is 99.4 cm³/mol. The lowest BCUT2D eigenvalue weighted by atomic mass is 9.97. The second kappa shape index (κ2) is 6.00. The number of fused-ring (bicyclic) bond motifs is 3. The smallest absolute Gasteiger partial charge is 0.260 e. The summed E-state index contributed by atoms with van der Waals surface area (Å²) in [5.74, 6) is 0.361. The molecule has 0 spiro atoms. The number of H-pyrrole nitrogens is 1. The average molecular weight is 353 g/mol. The van der Waals surface area contributed by atoms with Crippen LogP contribution in [0.15, 0.2) is 16.9 Å². The van der Waals surface area contributed by atoms with Gasteiger partial charge in [-0.05, 0) is 56.4 Å². The number of aromatic nitrogens is 2. The van der Waals surface area contributed by atoms with E-state index in [9.17, 15) is 10.1 Å². The van der Waals surface area contributed by atoms with E-state index in [0.717, 1.165) is 39.9 Å². The van der Waals surface area contributed by atoms with Crippen LogP contribution in [0.1, 0.15) is 38.9 Å². The third-order valence-corrected chi connectivity index (χ3v) is 6.38. The van der Waals surface area contributed by atoms with Crippen molar-refractivity contribution in [1.29, 1.82) is 5.26 Å². The average Bonchev–Trinajstić information content (AvgIpc) is 3.15. The summed E-state index contributed by atoms with van der Waals surface area (Å²) < 4.78 is 0. The van der Waals surface area contributed by atoms with Crippen LogP contribution < -0.4 is 5.56 Å². The molecule has 4 rings (SSSR count). The van der Waals surface area contributed by atoms with Crippen LogP contribution in [0.2, 0.25) is 0 Å². The topological polar surface area (TPSA) is 69.5 Å². The Morgan fingerprint density at radius 3 is 2.92 bits per heavy atom. The second-order valence-corrected chi connectivity index (χ2v) is 8.33. The molecule has 3 heterocycles. The van der Waals surface area contributed by atoms with Gasteiger partial charge >= 0.3 is 0 Å². The lowest BCUT2D eigenvalue weighted by molar-refractivity contribution is 0.700. The van der Waals surface area contributed by atoms with E-state index in [1.807, 2.05) is 19.1 Å². The maximum atomic E-state index is 12.6. The standard InChI is InChI=1S/C18H15N3OS2/c1-10-6-7-12(23-10)8-11(9-19)16-20-17(22)15-13-4-2-3-5-14(13)24-18(15)21-16/h6-8H,2-5H2,1H3,(H,20,21,22)/b11-8+. The summed E-state index contributed by atoms with van der Waals surface area (Å²) in [6, 6.07) is 6.15. The van der Waals surface area contributed by atoms with Crippen molar-refractivity contribution < 1.29 is 0 Å². The van der Waals surface area contributed by atoms with Crippen LogP contribution in [0, 0.1) is 18.3 Å². The Hall–Kier alpha value is -2.23. The summed E-state index contributed by atoms with van der Waals surface area (Å²) in [5.41, 5.74) is 1.43. The zero-order chi connectivity index (χ0) is 16.7. The van der Waals surface area contributed by atoms with E-state index in [1.54, 1.807) is 28.7 Å². The first-order valence-electron chi connectivity index (χ1n) is 7.89. The van der Waals surface area contributed by atoms with Crippen molar-refractivity contribution in [3.63, 3.8) is 0 Å². The first kappa shape index (κ1) is 15.3. The fourth-order valence-corrected chi connectivity index (χ4v) is 5.20. The van der Waals surface area contributed by atoms with Crippen LogP contribution in [0.25, 0.3) is 21.9 Å².